The highest BCUT2D eigenvalue weighted by molar-refractivity contribution is 6.63. The molecule has 0 aliphatic rings. The molecule has 0 atom stereocenters. The molecule has 2 aromatic carbocycles. The zero-order chi connectivity index (χ0) is 14.5. The first-order valence-electron chi connectivity index (χ1n) is 5.78. The Balaban J connectivity index is 2.36. The molecule has 0 aromatic heterocycles. The van der Waals surface area contributed by atoms with Crippen molar-refractivity contribution in [2.24, 2.45) is 0 Å². The lowest BCUT2D eigenvalue weighted by atomic mass is 10.0. The fraction of sp³-hybridized carbons (Fsp3) is 0.0667. The van der Waals surface area contributed by atoms with Gasteiger partial charge in [0.2, 0.25) is 0 Å². The fourth-order valence-electron chi connectivity index (χ4n) is 1.69. The van der Waals surface area contributed by atoms with Crippen molar-refractivity contribution in [3.05, 3.63) is 64.7 Å². The maximum Gasteiger partial charge on any atom is 0.259 e. The molecular formula is C15H10Cl2O3. The lowest BCUT2D eigenvalue weighted by Gasteiger charge is -2.10. The van der Waals surface area contributed by atoms with Gasteiger partial charge in [-0.25, -0.2) is 0 Å². The summed E-state index contributed by atoms with van der Waals surface area (Å²) in [5, 5.41) is -0.230. The molecule has 0 aliphatic heterocycles. The lowest BCUT2D eigenvalue weighted by Crippen LogP contribution is -2.09. The van der Waals surface area contributed by atoms with Crippen LogP contribution in [0.5, 0.6) is 5.75 Å². The van der Waals surface area contributed by atoms with Crippen molar-refractivity contribution in [1.29, 1.82) is 0 Å². The highest BCUT2D eigenvalue weighted by Gasteiger charge is 2.15. The van der Waals surface area contributed by atoms with E-state index in [2.05, 4.69) is 0 Å². The monoisotopic (exact) mass is 308 g/mol. The van der Waals surface area contributed by atoms with E-state index in [1.807, 2.05) is 6.07 Å². The van der Waals surface area contributed by atoms with E-state index in [1.165, 1.54) is 6.07 Å². The van der Waals surface area contributed by atoms with E-state index in [9.17, 15) is 9.59 Å². The quantitative estimate of drug-likeness (QED) is 0.624. The molecule has 0 fully saturated rings. The minimum absolute atomic E-state index is 0.231. The van der Waals surface area contributed by atoms with Crippen LogP contribution in [0.25, 0.3) is 0 Å². The van der Waals surface area contributed by atoms with Crippen molar-refractivity contribution >= 4 is 34.2 Å². The molecule has 2 rings (SSSR count). The maximum atomic E-state index is 12.4. The number of carbonyl (C=O) groups is 2. The number of hydrogen-bond acceptors (Lipinski definition) is 3. The van der Waals surface area contributed by atoms with Crippen LogP contribution in [0, 0.1) is 0 Å². The van der Waals surface area contributed by atoms with Gasteiger partial charge in [-0.15, -0.1) is 0 Å². The number of carbonyl (C=O) groups excluding carboxylic acids is 2. The zero-order valence-electron chi connectivity index (χ0n) is 10.3. The second-order valence-electron chi connectivity index (χ2n) is 3.98. The van der Waals surface area contributed by atoms with E-state index in [0.717, 1.165) is 0 Å². The van der Waals surface area contributed by atoms with Crippen LogP contribution in [0.4, 0.5) is 0 Å². The predicted molar refractivity (Wildman–Crippen MR) is 77.7 cm³/mol. The molecule has 0 radical (unpaired) electrons. The van der Waals surface area contributed by atoms with Gasteiger partial charge in [-0.1, -0.05) is 41.9 Å². The summed E-state index contributed by atoms with van der Waals surface area (Å²) in [4.78, 5) is 23.2. The average Bonchev–Trinajstić information content (AvgIpc) is 2.46. The van der Waals surface area contributed by atoms with Crippen molar-refractivity contribution < 1.29 is 14.3 Å². The summed E-state index contributed by atoms with van der Waals surface area (Å²) in [5.41, 5.74) is 0.804. The Bertz CT molecular complexity index is 639. The third-order valence-electron chi connectivity index (χ3n) is 2.56. The minimum Gasteiger partial charge on any atom is -0.484 e. The smallest absolute Gasteiger partial charge is 0.259 e. The van der Waals surface area contributed by atoms with Gasteiger partial charge in [0.1, 0.15) is 5.75 Å². The molecule has 0 unspecified atom stereocenters. The second kappa shape index (κ2) is 6.55. The summed E-state index contributed by atoms with van der Waals surface area (Å²) >= 11 is 11.1. The highest BCUT2D eigenvalue weighted by atomic mass is 35.5. The number of benzene rings is 2. The van der Waals surface area contributed by atoms with Crippen LogP contribution in [-0.2, 0) is 4.79 Å². The van der Waals surface area contributed by atoms with Crippen molar-refractivity contribution in [2.75, 3.05) is 6.61 Å². The van der Waals surface area contributed by atoms with E-state index in [1.54, 1.807) is 36.4 Å². The zero-order valence-corrected chi connectivity index (χ0v) is 11.8. The molecule has 0 N–H and O–H groups in total. The van der Waals surface area contributed by atoms with Crippen LogP contribution >= 0.6 is 23.2 Å². The van der Waals surface area contributed by atoms with Crippen molar-refractivity contribution in [3.63, 3.8) is 0 Å². The molecule has 0 saturated carbocycles. The van der Waals surface area contributed by atoms with Gasteiger partial charge < -0.3 is 4.74 Å². The second-order valence-corrected chi connectivity index (χ2v) is 4.84. The molecule has 20 heavy (non-hydrogen) atoms. The van der Waals surface area contributed by atoms with Gasteiger partial charge in [0.25, 0.3) is 5.24 Å². The third-order valence-corrected chi connectivity index (χ3v) is 2.91. The van der Waals surface area contributed by atoms with Gasteiger partial charge in [-0.05, 0) is 29.8 Å². The Morgan fingerprint density at radius 1 is 1.05 bits per heavy atom. The fourth-order valence-corrected chi connectivity index (χ4v) is 1.91. The van der Waals surface area contributed by atoms with Gasteiger partial charge in [-0.2, -0.15) is 0 Å². The van der Waals surface area contributed by atoms with E-state index in [0.29, 0.717) is 16.1 Å². The maximum absolute atomic E-state index is 12.4. The summed E-state index contributed by atoms with van der Waals surface area (Å²) in [6.07, 6.45) is 0. The van der Waals surface area contributed by atoms with Crippen molar-refractivity contribution in [3.8, 4) is 5.75 Å². The third kappa shape index (κ3) is 3.59. The standard InChI is InChI=1S/C15H10Cl2O3/c16-11-6-7-13(20-9-14(17)18)12(8-11)15(19)10-4-2-1-3-5-10/h1-8H,9H2. The van der Waals surface area contributed by atoms with Gasteiger partial charge in [0, 0.05) is 10.6 Å². The van der Waals surface area contributed by atoms with Crippen LogP contribution in [0.1, 0.15) is 15.9 Å². The highest BCUT2D eigenvalue weighted by Crippen LogP contribution is 2.25. The molecule has 0 spiro atoms. The molecular weight excluding hydrogens is 299 g/mol. The molecule has 3 nitrogen and oxygen atoms in total. The van der Waals surface area contributed by atoms with E-state index in [4.69, 9.17) is 27.9 Å². The molecule has 5 heteroatoms. The Morgan fingerprint density at radius 2 is 1.75 bits per heavy atom. The summed E-state index contributed by atoms with van der Waals surface area (Å²) in [6, 6.07) is 13.4. The van der Waals surface area contributed by atoms with Crippen LogP contribution in [0.2, 0.25) is 5.02 Å². The van der Waals surface area contributed by atoms with E-state index < -0.39 is 5.24 Å². The summed E-state index contributed by atoms with van der Waals surface area (Å²) < 4.78 is 5.24. The molecule has 0 aliphatic carbocycles. The number of ether oxygens (including phenoxy) is 1. The Hall–Kier alpha value is -1.84. The van der Waals surface area contributed by atoms with E-state index in [-0.39, 0.29) is 18.1 Å². The number of ketones is 1. The number of rotatable bonds is 5. The minimum atomic E-state index is -0.641. The summed E-state index contributed by atoms with van der Waals surface area (Å²) in [5.74, 6) is 0.0439. The molecule has 0 bridgehead atoms. The molecule has 0 saturated heterocycles. The van der Waals surface area contributed by atoms with Crippen LogP contribution in [0.3, 0.4) is 0 Å². The Kier molecular flexibility index (Phi) is 4.77. The van der Waals surface area contributed by atoms with Crippen molar-refractivity contribution in [2.45, 2.75) is 0 Å². The van der Waals surface area contributed by atoms with Gasteiger partial charge in [0.15, 0.2) is 12.4 Å². The van der Waals surface area contributed by atoms with Gasteiger partial charge in [0.05, 0.1) is 5.56 Å². The normalized spacial score (nSPS) is 10.1. The number of halogens is 2. The van der Waals surface area contributed by atoms with Crippen molar-refractivity contribution in [1.82, 2.24) is 0 Å². The lowest BCUT2D eigenvalue weighted by molar-refractivity contribution is -0.113. The molecule has 102 valence electrons. The van der Waals surface area contributed by atoms with Crippen LogP contribution in [0.15, 0.2) is 48.5 Å². The SMILES string of the molecule is O=C(Cl)COc1ccc(Cl)cc1C(=O)c1ccccc1. The number of hydrogen-bond donors (Lipinski definition) is 0. The van der Waals surface area contributed by atoms with Crippen LogP contribution < -0.4 is 4.74 Å². The first-order valence-corrected chi connectivity index (χ1v) is 6.54. The first kappa shape index (κ1) is 14.6. The molecule has 0 heterocycles. The van der Waals surface area contributed by atoms with E-state index >= 15 is 0 Å². The largest absolute Gasteiger partial charge is 0.484 e. The van der Waals surface area contributed by atoms with Gasteiger partial charge >= 0.3 is 0 Å². The predicted octanol–water partition coefficient (Wildman–Crippen LogP) is 3.72. The Labute approximate surface area is 126 Å². The Morgan fingerprint density at radius 3 is 2.40 bits per heavy atom. The first-order chi connectivity index (χ1) is 9.58. The van der Waals surface area contributed by atoms with Gasteiger partial charge in [-0.3, -0.25) is 9.59 Å². The van der Waals surface area contributed by atoms with Crippen LogP contribution in [-0.4, -0.2) is 17.6 Å². The molecule has 2 aromatic rings. The average molecular weight is 309 g/mol. The molecule has 0 amide bonds. The summed E-state index contributed by atoms with van der Waals surface area (Å²) in [6.45, 7) is -0.307. The summed E-state index contributed by atoms with van der Waals surface area (Å²) in [7, 11) is 0. The topological polar surface area (TPSA) is 43.4 Å².